The van der Waals surface area contributed by atoms with Gasteiger partial charge in [-0.05, 0) is 103 Å². The zero-order chi connectivity index (χ0) is 70.9. The van der Waals surface area contributed by atoms with E-state index in [1.807, 2.05) is 0 Å². The van der Waals surface area contributed by atoms with Crippen molar-refractivity contribution in [3.05, 3.63) is 85.1 Å². The number of phosphoric acid groups is 2. The number of unbranched alkanes of at least 4 members (excludes halogenated alkanes) is 37. The fourth-order valence-electron chi connectivity index (χ4n) is 10.6. The van der Waals surface area contributed by atoms with Gasteiger partial charge in [-0.2, -0.15) is 0 Å². The van der Waals surface area contributed by atoms with Crippen LogP contribution in [0.1, 0.15) is 342 Å². The van der Waals surface area contributed by atoms with E-state index >= 15 is 0 Å². The van der Waals surface area contributed by atoms with Crippen molar-refractivity contribution in [3.8, 4) is 0 Å². The second-order valence-corrected chi connectivity index (χ2v) is 29.1. The van der Waals surface area contributed by atoms with Crippen molar-refractivity contribution < 1.29 is 75.8 Å². The predicted octanol–water partition coefficient (Wildman–Crippen LogP) is 22.4. The molecule has 0 aliphatic rings. The highest BCUT2D eigenvalue weighted by Gasteiger charge is 2.29. The number of hydrogen-bond acceptors (Lipinski definition) is 14. The van der Waals surface area contributed by atoms with Crippen molar-refractivity contribution in [1.82, 2.24) is 0 Å². The minimum absolute atomic E-state index is 0.106. The first-order valence-corrected chi connectivity index (χ1v) is 41.9. The van der Waals surface area contributed by atoms with Gasteiger partial charge in [0, 0.05) is 19.3 Å². The van der Waals surface area contributed by atoms with Crippen molar-refractivity contribution in [2.24, 2.45) is 0 Å². The van der Waals surface area contributed by atoms with Crippen molar-refractivity contribution in [3.63, 3.8) is 0 Å². The molecule has 4 N–H and O–H groups in total. The highest BCUT2D eigenvalue weighted by molar-refractivity contribution is 7.47. The highest BCUT2D eigenvalue weighted by atomic mass is 31.2. The molecule has 97 heavy (non-hydrogen) atoms. The SMILES string of the molecule is CCCCC/C=C\C/C=C\C/C=C\C/C=C\CCCCCCCCCCCCCC(=O)OCC(O)COP(=O)(O)OCC(O)COP(=O)(O)OCC(COC(=O)CCCCCCCC/C=C\C/C=C\C/C=C\CCCCC)OC(=O)CCCCCCCCCCCCCCCCC. The summed E-state index contributed by atoms with van der Waals surface area (Å²) < 4.78 is 61.1. The molecule has 0 heterocycles. The largest absolute Gasteiger partial charge is 0.472 e. The quantitative estimate of drug-likeness (QED) is 0.0146. The van der Waals surface area contributed by atoms with E-state index in [1.54, 1.807) is 0 Å². The van der Waals surface area contributed by atoms with Crippen LogP contribution in [0.15, 0.2) is 85.1 Å². The number of ether oxygens (including phenoxy) is 3. The molecular weight excluding hydrogens is 1270 g/mol. The van der Waals surface area contributed by atoms with Crippen LogP contribution in [0.5, 0.6) is 0 Å². The van der Waals surface area contributed by atoms with Crippen LogP contribution in [0.3, 0.4) is 0 Å². The fourth-order valence-corrected chi connectivity index (χ4v) is 12.2. The van der Waals surface area contributed by atoms with Gasteiger partial charge >= 0.3 is 33.6 Å². The number of hydrogen-bond donors (Lipinski definition) is 4. The summed E-state index contributed by atoms with van der Waals surface area (Å²) in [5, 5.41) is 20.6. The Morgan fingerprint density at radius 1 is 0.289 bits per heavy atom. The van der Waals surface area contributed by atoms with Gasteiger partial charge in [-0.15, -0.1) is 0 Å². The number of aliphatic hydroxyl groups is 2. The van der Waals surface area contributed by atoms with Gasteiger partial charge in [0.2, 0.25) is 0 Å². The predicted molar refractivity (Wildman–Crippen MR) is 399 cm³/mol. The third-order valence-corrected chi connectivity index (χ3v) is 18.5. The molecule has 0 saturated carbocycles. The summed E-state index contributed by atoms with van der Waals surface area (Å²) >= 11 is 0. The van der Waals surface area contributed by atoms with E-state index in [0.29, 0.717) is 19.3 Å². The van der Waals surface area contributed by atoms with Crippen molar-refractivity contribution in [1.29, 1.82) is 0 Å². The molecule has 5 atom stereocenters. The molecule has 0 saturated heterocycles. The van der Waals surface area contributed by atoms with Crippen LogP contribution in [0, 0.1) is 0 Å². The van der Waals surface area contributed by atoms with Gasteiger partial charge in [0.25, 0.3) is 0 Å². The van der Waals surface area contributed by atoms with Crippen molar-refractivity contribution >= 4 is 33.6 Å². The van der Waals surface area contributed by atoms with Crippen molar-refractivity contribution in [2.75, 3.05) is 39.6 Å². The molecule has 18 heteroatoms. The normalized spacial score (nSPS) is 14.5. The number of carbonyl (C=O) groups excluding carboxylic acids is 3. The number of carbonyl (C=O) groups is 3. The number of rotatable bonds is 74. The Kier molecular flexibility index (Phi) is 70.1. The van der Waals surface area contributed by atoms with Gasteiger partial charge in [0.1, 0.15) is 25.4 Å². The monoisotopic (exact) mass is 1410 g/mol. The lowest BCUT2D eigenvalue weighted by Crippen LogP contribution is -2.30. The Morgan fingerprint density at radius 3 is 0.835 bits per heavy atom. The maximum absolute atomic E-state index is 13.0. The zero-order valence-corrected chi connectivity index (χ0v) is 63.3. The van der Waals surface area contributed by atoms with Crippen LogP contribution in [0.25, 0.3) is 0 Å². The number of allylic oxidation sites excluding steroid dienone is 14. The molecule has 0 aromatic rings. The van der Waals surface area contributed by atoms with Crippen LogP contribution in [-0.4, -0.2) is 95.9 Å². The van der Waals surface area contributed by atoms with Crippen molar-refractivity contribution in [2.45, 2.75) is 360 Å². The maximum Gasteiger partial charge on any atom is 0.472 e. The molecule has 0 aromatic heterocycles. The molecule has 0 fully saturated rings. The molecule has 564 valence electrons. The average molecular weight is 1410 g/mol. The first kappa shape index (κ1) is 93.7. The molecular formula is C79H142O16P2. The topological polar surface area (TPSA) is 231 Å². The molecule has 0 amide bonds. The third-order valence-electron chi connectivity index (χ3n) is 16.6. The molecule has 0 bridgehead atoms. The first-order chi connectivity index (χ1) is 47.2. The lowest BCUT2D eigenvalue weighted by atomic mass is 10.0. The first-order valence-electron chi connectivity index (χ1n) is 38.9. The van der Waals surface area contributed by atoms with Crippen LogP contribution in [0.4, 0.5) is 0 Å². The average Bonchev–Trinajstić information content (AvgIpc) is 1.86. The van der Waals surface area contributed by atoms with Crippen LogP contribution in [-0.2, 0) is 55.8 Å². The van der Waals surface area contributed by atoms with E-state index in [4.69, 9.17) is 32.3 Å². The Bertz CT molecular complexity index is 2110. The molecule has 0 spiro atoms. The molecule has 0 aliphatic carbocycles. The Balaban J connectivity index is 4.54. The summed E-state index contributed by atoms with van der Waals surface area (Å²) in [4.78, 5) is 58.6. The lowest BCUT2D eigenvalue weighted by molar-refractivity contribution is -0.161. The third kappa shape index (κ3) is 73.8. The summed E-state index contributed by atoms with van der Waals surface area (Å²) in [5.41, 5.74) is 0. The van der Waals surface area contributed by atoms with E-state index in [2.05, 4.69) is 106 Å². The molecule has 0 aromatic carbocycles. The second kappa shape index (κ2) is 72.5. The van der Waals surface area contributed by atoms with Gasteiger partial charge < -0.3 is 34.2 Å². The Labute approximate surface area is 591 Å². The molecule has 0 aliphatic heterocycles. The van der Waals surface area contributed by atoms with Gasteiger partial charge in [-0.25, -0.2) is 9.13 Å². The minimum Gasteiger partial charge on any atom is -0.463 e. The van der Waals surface area contributed by atoms with Crippen LogP contribution >= 0.6 is 15.6 Å². The van der Waals surface area contributed by atoms with E-state index in [1.165, 1.54) is 154 Å². The Hall–Kier alpha value is -3.27. The standard InChI is InChI=1S/C79H142O16P2/c1-4-7-10-13-16-19-22-25-28-30-32-33-34-35-36-37-38-39-41-43-45-47-50-53-56-59-62-65-77(82)89-68-74(80)69-91-96(85,86)92-70-75(81)71-93-97(87,88)94-73-76(95-79(84)67-64-61-58-55-52-49-44-27-24-21-18-15-12-9-6-3)72-90-78(83)66-63-60-57-54-51-48-46-42-40-31-29-26-23-20-17-14-11-8-5-2/h16-17,19-20,25-26,28-29,32-33,35-36,40,42,74-76,80-81H,4-15,18,21-24,27,30-31,34,37-39,41,43-73H2,1-3H3,(H,85,86)(H,87,88)/b19-16-,20-17-,28-25-,29-26-,33-32-,36-35-,42-40-. The zero-order valence-electron chi connectivity index (χ0n) is 61.5. The maximum atomic E-state index is 13.0. The van der Waals surface area contributed by atoms with Crippen LogP contribution < -0.4 is 0 Å². The molecule has 16 nitrogen and oxygen atoms in total. The minimum atomic E-state index is -4.93. The van der Waals surface area contributed by atoms with E-state index in [0.717, 1.165) is 128 Å². The van der Waals surface area contributed by atoms with E-state index < -0.39 is 91.5 Å². The summed E-state index contributed by atoms with van der Waals surface area (Å²) in [6.07, 6.45) is 80.5. The fraction of sp³-hybridized carbons (Fsp3) is 0.785. The molecule has 0 radical (unpaired) electrons. The smallest absolute Gasteiger partial charge is 0.463 e. The van der Waals surface area contributed by atoms with Crippen LogP contribution in [0.2, 0.25) is 0 Å². The second-order valence-electron chi connectivity index (χ2n) is 26.2. The summed E-state index contributed by atoms with van der Waals surface area (Å²) in [7, 11) is -9.78. The molecule has 0 rings (SSSR count). The number of esters is 3. The van der Waals surface area contributed by atoms with E-state index in [-0.39, 0.29) is 19.3 Å². The van der Waals surface area contributed by atoms with Gasteiger partial charge in [0.15, 0.2) is 6.10 Å². The van der Waals surface area contributed by atoms with Gasteiger partial charge in [-0.1, -0.05) is 305 Å². The molecule has 5 unspecified atom stereocenters. The lowest BCUT2D eigenvalue weighted by Gasteiger charge is -2.21. The van der Waals surface area contributed by atoms with Gasteiger partial charge in [0.05, 0.1) is 26.4 Å². The Morgan fingerprint density at radius 2 is 0.515 bits per heavy atom. The summed E-state index contributed by atoms with van der Waals surface area (Å²) in [6, 6.07) is 0. The number of phosphoric ester groups is 2. The van der Waals surface area contributed by atoms with Gasteiger partial charge in [-0.3, -0.25) is 32.5 Å². The highest BCUT2D eigenvalue weighted by Crippen LogP contribution is 2.45. The summed E-state index contributed by atoms with van der Waals surface area (Å²) in [6.45, 7) is 2.65. The summed E-state index contributed by atoms with van der Waals surface area (Å²) in [5.74, 6) is -1.58. The van der Waals surface area contributed by atoms with E-state index in [9.17, 15) is 43.5 Å². The number of aliphatic hydroxyl groups excluding tert-OH is 2.